The van der Waals surface area contributed by atoms with E-state index in [2.05, 4.69) is 23.2 Å². The van der Waals surface area contributed by atoms with Gasteiger partial charge in [0, 0.05) is 0 Å². The lowest BCUT2D eigenvalue weighted by molar-refractivity contribution is -0.138. The minimum absolute atomic E-state index is 0.0437. The summed E-state index contributed by atoms with van der Waals surface area (Å²) >= 11 is 7.15. The molecule has 1 amide bonds. The SMILES string of the molecule is CCOC(=O)C1=C(O)/C(=C/c2ccc(OCc3cccc4ccccc34)cc2)SC1=NC(=O)c1ccccc1Cl. The Morgan fingerprint density at radius 2 is 1.68 bits per heavy atom. The number of rotatable bonds is 7. The molecule has 200 valence electrons. The maximum atomic E-state index is 12.8. The van der Waals surface area contributed by atoms with Crippen molar-refractivity contribution in [2.75, 3.05) is 6.61 Å². The van der Waals surface area contributed by atoms with Crippen LogP contribution >= 0.6 is 23.4 Å². The number of fused-ring (bicyclic) bond motifs is 1. The zero-order chi connectivity index (χ0) is 28.1. The summed E-state index contributed by atoms with van der Waals surface area (Å²) in [6.07, 6.45) is 1.70. The number of ether oxygens (including phenoxy) is 2. The molecule has 4 aromatic rings. The number of aliphatic hydroxyl groups is 1. The van der Waals surface area contributed by atoms with Gasteiger partial charge >= 0.3 is 5.97 Å². The standard InChI is InChI=1S/C32H24ClNO5S/c1-2-38-32(37)28-29(35)27(40-31(28)34-30(36)25-12-5-6-13-26(25)33)18-20-14-16-23(17-15-20)39-19-22-10-7-9-21-8-3-4-11-24(21)22/h3-18,35H,2,19H2,1H3/b27-18-,34-31?. The molecule has 0 aliphatic carbocycles. The molecule has 6 nitrogen and oxygen atoms in total. The van der Waals surface area contributed by atoms with Crippen LogP contribution in [0, 0.1) is 0 Å². The first kappa shape index (κ1) is 27.2. The molecule has 0 spiro atoms. The van der Waals surface area contributed by atoms with Gasteiger partial charge in [-0.25, -0.2) is 9.79 Å². The first-order valence-corrected chi connectivity index (χ1v) is 13.7. The number of aliphatic hydroxyl groups excluding tert-OH is 1. The van der Waals surface area contributed by atoms with Crippen molar-refractivity contribution in [3.05, 3.63) is 129 Å². The number of halogens is 1. The Hall–Kier alpha value is -4.33. The van der Waals surface area contributed by atoms with Crippen molar-refractivity contribution in [1.29, 1.82) is 0 Å². The van der Waals surface area contributed by atoms with Crippen LogP contribution in [0.4, 0.5) is 0 Å². The summed E-state index contributed by atoms with van der Waals surface area (Å²) in [6, 6.07) is 28.1. The van der Waals surface area contributed by atoms with Crippen molar-refractivity contribution >= 4 is 57.1 Å². The average Bonchev–Trinajstić information content (AvgIpc) is 3.26. The highest BCUT2D eigenvalue weighted by molar-refractivity contribution is 8.18. The second kappa shape index (κ2) is 12.2. The number of amides is 1. The summed E-state index contributed by atoms with van der Waals surface area (Å²) in [4.78, 5) is 29.9. The molecule has 0 saturated heterocycles. The number of aliphatic imine (C=N–C) groups is 1. The zero-order valence-corrected chi connectivity index (χ0v) is 23.0. The third-order valence-electron chi connectivity index (χ3n) is 6.13. The number of hydrogen-bond donors (Lipinski definition) is 1. The smallest absolute Gasteiger partial charge is 0.344 e. The van der Waals surface area contributed by atoms with E-state index in [0.29, 0.717) is 17.3 Å². The lowest BCUT2D eigenvalue weighted by Gasteiger charge is -2.09. The van der Waals surface area contributed by atoms with E-state index in [0.717, 1.165) is 33.7 Å². The highest BCUT2D eigenvalue weighted by atomic mass is 35.5. The van der Waals surface area contributed by atoms with Gasteiger partial charge in [-0.2, -0.15) is 0 Å². The molecule has 40 heavy (non-hydrogen) atoms. The number of carbonyl (C=O) groups excluding carboxylic acids is 2. The normalized spacial score (nSPS) is 15.2. The summed E-state index contributed by atoms with van der Waals surface area (Å²) in [5.74, 6) is -1.00. The maximum absolute atomic E-state index is 12.8. The van der Waals surface area contributed by atoms with Crippen LogP contribution in [0.3, 0.4) is 0 Å². The van der Waals surface area contributed by atoms with Crippen LogP contribution in [0.2, 0.25) is 5.02 Å². The summed E-state index contributed by atoms with van der Waals surface area (Å²) in [6.45, 7) is 2.18. The number of esters is 1. The van der Waals surface area contributed by atoms with Crippen LogP contribution in [-0.2, 0) is 16.1 Å². The first-order chi connectivity index (χ1) is 19.4. The van der Waals surface area contributed by atoms with Gasteiger partial charge in [-0.05, 0) is 59.2 Å². The van der Waals surface area contributed by atoms with E-state index in [1.165, 1.54) is 0 Å². The van der Waals surface area contributed by atoms with Crippen molar-refractivity contribution in [3.63, 3.8) is 0 Å². The second-order valence-electron chi connectivity index (χ2n) is 8.75. The summed E-state index contributed by atoms with van der Waals surface area (Å²) < 4.78 is 11.1. The van der Waals surface area contributed by atoms with Crippen LogP contribution in [0.5, 0.6) is 5.75 Å². The van der Waals surface area contributed by atoms with Crippen LogP contribution in [0.1, 0.15) is 28.4 Å². The van der Waals surface area contributed by atoms with Gasteiger partial charge in [0.15, 0.2) is 0 Å². The Bertz CT molecular complexity index is 1690. The van der Waals surface area contributed by atoms with Crippen LogP contribution < -0.4 is 4.74 Å². The molecule has 0 aromatic heterocycles. The monoisotopic (exact) mass is 569 g/mol. The van der Waals surface area contributed by atoms with Crippen molar-refractivity contribution < 1.29 is 24.2 Å². The third-order valence-corrected chi connectivity index (χ3v) is 7.48. The van der Waals surface area contributed by atoms with Gasteiger partial charge < -0.3 is 14.6 Å². The molecule has 0 saturated carbocycles. The van der Waals surface area contributed by atoms with Gasteiger partial charge in [0.2, 0.25) is 0 Å². The lowest BCUT2D eigenvalue weighted by Crippen LogP contribution is -2.14. The molecule has 1 N–H and O–H groups in total. The molecule has 8 heteroatoms. The van der Waals surface area contributed by atoms with Gasteiger partial charge in [-0.1, -0.05) is 90.1 Å². The first-order valence-electron chi connectivity index (χ1n) is 12.5. The Morgan fingerprint density at radius 3 is 2.45 bits per heavy atom. The van der Waals surface area contributed by atoms with Crippen LogP contribution in [0.25, 0.3) is 16.8 Å². The van der Waals surface area contributed by atoms with Gasteiger partial charge in [-0.15, -0.1) is 0 Å². The molecule has 1 heterocycles. The summed E-state index contributed by atoms with van der Waals surface area (Å²) in [7, 11) is 0. The molecule has 0 atom stereocenters. The van der Waals surface area contributed by atoms with Gasteiger partial charge in [-0.3, -0.25) is 4.79 Å². The number of thioether (sulfide) groups is 1. The quantitative estimate of drug-likeness (QED) is 0.229. The Kier molecular flexibility index (Phi) is 8.34. The molecule has 0 bridgehead atoms. The lowest BCUT2D eigenvalue weighted by atomic mass is 10.1. The fraction of sp³-hybridized carbons (Fsp3) is 0.0938. The van der Waals surface area contributed by atoms with Crippen molar-refractivity contribution in [2.45, 2.75) is 13.5 Å². The largest absolute Gasteiger partial charge is 0.506 e. The highest BCUT2D eigenvalue weighted by Crippen LogP contribution is 2.39. The Morgan fingerprint density at radius 1 is 0.950 bits per heavy atom. The Labute approximate surface area is 240 Å². The molecule has 0 fully saturated rings. The molecule has 0 radical (unpaired) electrons. The molecule has 1 aliphatic rings. The summed E-state index contributed by atoms with van der Waals surface area (Å²) in [5, 5.41) is 13.5. The molecule has 0 unspecified atom stereocenters. The molecule has 5 rings (SSSR count). The second-order valence-corrected chi connectivity index (χ2v) is 10.2. The zero-order valence-electron chi connectivity index (χ0n) is 21.5. The van der Waals surface area contributed by atoms with Gasteiger partial charge in [0.25, 0.3) is 5.91 Å². The summed E-state index contributed by atoms with van der Waals surface area (Å²) in [5.41, 5.74) is 1.88. The fourth-order valence-electron chi connectivity index (χ4n) is 4.17. The van der Waals surface area contributed by atoms with E-state index in [4.69, 9.17) is 21.1 Å². The van der Waals surface area contributed by atoms with E-state index in [1.807, 2.05) is 48.5 Å². The van der Waals surface area contributed by atoms with E-state index >= 15 is 0 Å². The average molecular weight is 570 g/mol. The van der Waals surface area contributed by atoms with E-state index in [1.54, 1.807) is 37.3 Å². The minimum atomic E-state index is -0.765. The number of benzene rings is 4. The molecular formula is C32H24ClNO5S. The van der Waals surface area contributed by atoms with Gasteiger partial charge in [0.05, 0.1) is 22.1 Å². The minimum Gasteiger partial charge on any atom is -0.506 e. The third kappa shape index (κ3) is 5.96. The molecular weight excluding hydrogens is 546 g/mol. The van der Waals surface area contributed by atoms with E-state index < -0.39 is 11.9 Å². The van der Waals surface area contributed by atoms with Crippen LogP contribution in [0.15, 0.2) is 112 Å². The number of nitrogens with zero attached hydrogens (tertiary/aromatic N) is 1. The van der Waals surface area contributed by atoms with Crippen molar-refractivity contribution in [3.8, 4) is 5.75 Å². The van der Waals surface area contributed by atoms with E-state index in [-0.39, 0.29) is 33.6 Å². The maximum Gasteiger partial charge on any atom is 0.344 e. The molecule has 1 aliphatic heterocycles. The fourth-order valence-corrected chi connectivity index (χ4v) is 5.40. The number of hydrogen-bond acceptors (Lipinski definition) is 6. The van der Waals surface area contributed by atoms with Crippen molar-refractivity contribution in [2.24, 2.45) is 4.99 Å². The topological polar surface area (TPSA) is 85.2 Å². The van der Waals surface area contributed by atoms with E-state index in [9.17, 15) is 14.7 Å². The van der Waals surface area contributed by atoms with Crippen molar-refractivity contribution in [1.82, 2.24) is 0 Å². The predicted octanol–water partition coefficient (Wildman–Crippen LogP) is 7.77. The van der Waals surface area contributed by atoms with Crippen LogP contribution in [-0.4, -0.2) is 28.6 Å². The Balaban J connectivity index is 1.36. The van der Waals surface area contributed by atoms with Gasteiger partial charge in [0.1, 0.15) is 28.7 Å². The molecule has 4 aromatic carbocycles. The number of carbonyl (C=O) groups is 2. The predicted molar refractivity (Wildman–Crippen MR) is 160 cm³/mol. The highest BCUT2D eigenvalue weighted by Gasteiger charge is 2.34.